The Morgan fingerprint density at radius 1 is 1.27 bits per heavy atom. The summed E-state index contributed by atoms with van der Waals surface area (Å²) >= 11 is 6.07. The van der Waals surface area contributed by atoms with E-state index in [2.05, 4.69) is 29.0 Å². The predicted octanol–water partition coefficient (Wildman–Crippen LogP) is 5.74. The third kappa shape index (κ3) is 8.36. The number of hydrogen-bond acceptors (Lipinski definition) is 6. The summed E-state index contributed by atoms with van der Waals surface area (Å²) < 4.78 is 10.3. The van der Waals surface area contributed by atoms with E-state index >= 15 is 0 Å². The monoisotopic (exact) mass is 435 g/mol. The van der Waals surface area contributed by atoms with Gasteiger partial charge in [0.2, 0.25) is 0 Å². The van der Waals surface area contributed by atoms with Crippen molar-refractivity contribution in [1.29, 1.82) is 0 Å². The van der Waals surface area contributed by atoms with Crippen LogP contribution in [0.4, 0.5) is 10.5 Å². The molecule has 30 heavy (non-hydrogen) atoms. The number of likely N-dealkylation sites (N-methyl/N-ethyl adjacent to an activating group) is 1. The summed E-state index contributed by atoms with van der Waals surface area (Å²) in [5, 5.41) is 5.35. The summed E-state index contributed by atoms with van der Waals surface area (Å²) in [6, 6.07) is 8.09. The van der Waals surface area contributed by atoms with Gasteiger partial charge in [0, 0.05) is 34.9 Å². The summed E-state index contributed by atoms with van der Waals surface area (Å²) in [4.78, 5) is 18.3. The molecule has 6 nitrogen and oxygen atoms in total. The number of fused-ring (bicyclic) bond motifs is 1. The summed E-state index contributed by atoms with van der Waals surface area (Å²) in [5.41, 5.74) is 1.43. The predicted molar refractivity (Wildman–Crippen MR) is 123 cm³/mol. The quantitative estimate of drug-likeness (QED) is 0.480. The highest BCUT2D eigenvalue weighted by Gasteiger charge is 2.17. The normalized spacial score (nSPS) is 12.8. The lowest BCUT2D eigenvalue weighted by Crippen LogP contribution is -2.31. The molecule has 0 radical (unpaired) electrons. The smallest absolute Gasteiger partial charge is 0.433 e. The first-order valence-electron chi connectivity index (χ1n) is 10.6. The number of carbonyl (C=O) groups is 1. The van der Waals surface area contributed by atoms with Crippen LogP contribution in [0.3, 0.4) is 0 Å². The van der Waals surface area contributed by atoms with Crippen LogP contribution in [0.25, 0.3) is 10.9 Å². The van der Waals surface area contributed by atoms with Gasteiger partial charge in [0.1, 0.15) is 12.2 Å². The molecule has 1 heterocycles. The van der Waals surface area contributed by atoms with E-state index in [1.807, 2.05) is 45.0 Å². The van der Waals surface area contributed by atoms with E-state index < -0.39 is 11.8 Å². The Morgan fingerprint density at radius 2 is 2.03 bits per heavy atom. The topological polar surface area (TPSA) is 63.7 Å². The second-order valence-corrected chi connectivity index (χ2v) is 8.89. The molecule has 0 aliphatic carbocycles. The minimum absolute atomic E-state index is 0.322. The molecule has 0 aliphatic heterocycles. The highest BCUT2D eigenvalue weighted by Crippen LogP contribution is 2.25. The molecule has 2 rings (SSSR count). The van der Waals surface area contributed by atoms with Gasteiger partial charge in [-0.1, -0.05) is 18.5 Å². The maximum atomic E-state index is 11.6. The molecule has 0 amide bonds. The van der Waals surface area contributed by atoms with Crippen molar-refractivity contribution in [3.63, 3.8) is 0 Å². The van der Waals surface area contributed by atoms with Gasteiger partial charge in [-0.25, -0.2) is 4.79 Å². The zero-order chi connectivity index (χ0) is 22.1. The van der Waals surface area contributed by atoms with Gasteiger partial charge in [0.25, 0.3) is 0 Å². The Balaban J connectivity index is 1.74. The molecular formula is C23H34ClN3O3. The molecule has 7 heteroatoms. The fourth-order valence-corrected chi connectivity index (χ4v) is 3.34. The first-order valence-corrected chi connectivity index (χ1v) is 10.9. The fraction of sp³-hybridized carbons (Fsp3) is 0.565. The highest BCUT2D eigenvalue weighted by molar-refractivity contribution is 6.31. The van der Waals surface area contributed by atoms with Crippen LogP contribution in [-0.2, 0) is 9.47 Å². The molecule has 166 valence electrons. The standard InChI is InChI=1S/C23H34ClN3O3/c1-6-27(14-15-29-22(28)30-23(3,4)5)13-7-8-17(2)26-20-11-12-25-21-16-18(24)9-10-19(20)21/h9-12,16-17H,6-8,13-15H2,1-5H3,(H,25,26). The van der Waals surface area contributed by atoms with Gasteiger partial charge in [-0.3, -0.25) is 4.98 Å². The van der Waals surface area contributed by atoms with Crippen LogP contribution in [0.15, 0.2) is 30.5 Å². The van der Waals surface area contributed by atoms with Crippen molar-refractivity contribution in [2.45, 2.75) is 59.1 Å². The van der Waals surface area contributed by atoms with Crippen molar-refractivity contribution in [2.24, 2.45) is 0 Å². The average Bonchev–Trinajstić information content (AvgIpc) is 2.65. The van der Waals surface area contributed by atoms with E-state index in [-0.39, 0.29) is 0 Å². The SMILES string of the molecule is CCN(CCCC(C)Nc1ccnc2cc(Cl)ccc12)CCOC(=O)OC(C)(C)C. The number of halogens is 1. The van der Waals surface area contributed by atoms with Crippen molar-refractivity contribution in [1.82, 2.24) is 9.88 Å². The van der Waals surface area contributed by atoms with Gasteiger partial charge in [-0.15, -0.1) is 0 Å². The lowest BCUT2D eigenvalue weighted by molar-refractivity contribution is -0.0101. The molecule has 0 spiro atoms. The first kappa shape index (κ1) is 24.2. The second-order valence-electron chi connectivity index (χ2n) is 8.45. The first-order chi connectivity index (χ1) is 14.2. The lowest BCUT2D eigenvalue weighted by atomic mass is 10.1. The van der Waals surface area contributed by atoms with E-state index in [4.69, 9.17) is 21.1 Å². The Morgan fingerprint density at radius 3 is 2.73 bits per heavy atom. The van der Waals surface area contributed by atoms with E-state index in [1.54, 1.807) is 6.20 Å². The average molecular weight is 436 g/mol. The maximum absolute atomic E-state index is 11.6. The largest absolute Gasteiger partial charge is 0.508 e. The molecule has 0 saturated carbocycles. The number of aromatic nitrogens is 1. The van der Waals surface area contributed by atoms with E-state index in [0.717, 1.165) is 42.5 Å². The minimum atomic E-state index is -0.609. The van der Waals surface area contributed by atoms with Gasteiger partial charge in [0.05, 0.1) is 5.52 Å². The molecule has 2 aromatic rings. The van der Waals surface area contributed by atoms with E-state index in [9.17, 15) is 4.79 Å². The Kier molecular flexibility index (Phi) is 9.18. The Hall–Kier alpha value is -2.05. The van der Waals surface area contributed by atoms with Gasteiger partial charge in [-0.05, 0) is 77.9 Å². The number of anilines is 1. The summed E-state index contributed by atoms with van der Waals surface area (Å²) in [6.45, 7) is 12.7. The van der Waals surface area contributed by atoms with Crippen molar-refractivity contribution in [2.75, 3.05) is 31.6 Å². The van der Waals surface area contributed by atoms with Gasteiger partial charge < -0.3 is 19.7 Å². The molecular weight excluding hydrogens is 402 g/mol. The van der Waals surface area contributed by atoms with Crippen molar-refractivity contribution in [3.05, 3.63) is 35.5 Å². The molecule has 1 aromatic heterocycles. The van der Waals surface area contributed by atoms with Crippen molar-refractivity contribution in [3.8, 4) is 0 Å². The Bertz CT molecular complexity index is 823. The zero-order valence-electron chi connectivity index (χ0n) is 18.7. The number of nitrogens with one attached hydrogen (secondary N) is 1. The van der Waals surface area contributed by atoms with Gasteiger partial charge in [-0.2, -0.15) is 0 Å². The number of rotatable bonds is 10. The van der Waals surface area contributed by atoms with Crippen molar-refractivity contribution < 1.29 is 14.3 Å². The molecule has 1 atom stereocenters. The summed E-state index contributed by atoms with van der Waals surface area (Å²) in [7, 11) is 0. The molecule has 0 saturated heterocycles. The maximum Gasteiger partial charge on any atom is 0.508 e. The molecule has 1 aromatic carbocycles. The molecule has 0 bridgehead atoms. The van der Waals surface area contributed by atoms with Crippen LogP contribution in [0.5, 0.6) is 0 Å². The summed E-state index contributed by atoms with van der Waals surface area (Å²) in [5.74, 6) is 0. The molecule has 0 aliphatic rings. The van der Waals surface area contributed by atoms with E-state index in [1.165, 1.54) is 0 Å². The number of ether oxygens (including phenoxy) is 2. The van der Waals surface area contributed by atoms with Crippen molar-refractivity contribution >= 4 is 34.3 Å². The van der Waals surface area contributed by atoms with Crippen LogP contribution in [0.1, 0.15) is 47.5 Å². The van der Waals surface area contributed by atoms with Crippen LogP contribution >= 0.6 is 11.6 Å². The fourth-order valence-electron chi connectivity index (χ4n) is 3.17. The number of hydrogen-bond donors (Lipinski definition) is 1. The third-order valence-corrected chi connectivity index (χ3v) is 4.92. The number of benzene rings is 1. The third-order valence-electron chi connectivity index (χ3n) is 4.68. The zero-order valence-corrected chi connectivity index (χ0v) is 19.5. The van der Waals surface area contributed by atoms with Crippen LogP contribution < -0.4 is 5.32 Å². The molecule has 1 N–H and O–H groups in total. The van der Waals surface area contributed by atoms with Gasteiger partial charge in [0.15, 0.2) is 0 Å². The van der Waals surface area contributed by atoms with Crippen LogP contribution in [0.2, 0.25) is 5.02 Å². The number of carbonyl (C=O) groups excluding carboxylic acids is 1. The van der Waals surface area contributed by atoms with Gasteiger partial charge >= 0.3 is 6.16 Å². The Labute approximate surface area is 184 Å². The lowest BCUT2D eigenvalue weighted by Gasteiger charge is -2.23. The highest BCUT2D eigenvalue weighted by atomic mass is 35.5. The summed E-state index contributed by atoms with van der Waals surface area (Å²) in [6.07, 6.45) is 3.27. The minimum Gasteiger partial charge on any atom is -0.433 e. The van der Waals surface area contributed by atoms with Crippen LogP contribution in [0, 0.1) is 0 Å². The molecule has 1 unspecified atom stereocenters. The second kappa shape index (κ2) is 11.4. The number of nitrogens with zero attached hydrogens (tertiary/aromatic N) is 2. The van der Waals surface area contributed by atoms with E-state index in [0.29, 0.717) is 24.2 Å². The molecule has 0 fully saturated rings. The van der Waals surface area contributed by atoms with Crippen LogP contribution in [-0.4, -0.2) is 53.9 Å². The number of pyridine rings is 1.